The predicted octanol–water partition coefficient (Wildman–Crippen LogP) is 4.34. The van der Waals surface area contributed by atoms with E-state index in [4.69, 9.17) is 0 Å². The molecule has 22 heavy (non-hydrogen) atoms. The van der Waals surface area contributed by atoms with Crippen LogP contribution in [0.1, 0.15) is 10.4 Å². The molecule has 0 aliphatic rings. The molecule has 0 saturated heterocycles. The molecule has 3 rings (SSSR count). The van der Waals surface area contributed by atoms with Crippen molar-refractivity contribution < 1.29 is 13.6 Å². The highest BCUT2D eigenvalue weighted by Crippen LogP contribution is 2.21. The lowest BCUT2D eigenvalue weighted by Crippen LogP contribution is -2.13. The Morgan fingerprint density at radius 1 is 1.14 bits per heavy atom. The molecule has 0 saturated carbocycles. The number of amides is 1. The van der Waals surface area contributed by atoms with Crippen molar-refractivity contribution in [2.45, 2.75) is 0 Å². The van der Waals surface area contributed by atoms with Gasteiger partial charge in [-0.05, 0) is 35.7 Å². The molecule has 0 unspecified atom stereocenters. The van der Waals surface area contributed by atoms with Gasteiger partial charge in [0.2, 0.25) is 0 Å². The van der Waals surface area contributed by atoms with Gasteiger partial charge in [-0.1, -0.05) is 0 Å². The summed E-state index contributed by atoms with van der Waals surface area (Å²) in [6, 6.07) is 8.05. The first-order valence-electron chi connectivity index (χ1n) is 6.38. The Balaban J connectivity index is 1.85. The summed E-state index contributed by atoms with van der Waals surface area (Å²) >= 11 is 1.53. The van der Waals surface area contributed by atoms with Crippen LogP contribution in [0.3, 0.4) is 0 Å². The highest BCUT2D eigenvalue weighted by atomic mass is 32.1. The number of carbonyl (C=O) groups excluding carboxylic acids is 1. The smallest absolute Gasteiger partial charge is 0.255 e. The zero-order valence-corrected chi connectivity index (χ0v) is 12.0. The Hall–Kier alpha value is -2.60. The number of carbonyl (C=O) groups is 1. The third kappa shape index (κ3) is 3.01. The number of hydrogen-bond donors (Lipinski definition) is 1. The Morgan fingerprint density at radius 3 is 2.73 bits per heavy atom. The molecule has 0 aliphatic carbocycles. The van der Waals surface area contributed by atoms with Crippen molar-refractivity contribution in [1.29, 1.82) is 0 Å². The molecule has 2 heterocycles. The molecule has 6 heteroatoms. The SMILES string of the molecule is O=C(Nc1ccc(F)cc1F)c1ccnc(-c2ccsc2)c1. The van der Waals surface area contributed by atoms with Crippen molar-refractivity contribution in [3.8, 4) is 11.3 Å². The third-order valence-corrected chi connectivity index (χ3v) is 3.70. The maximum atomic E-state index is 13.6. The average Bonchev–Trinajstić information content (AvgIpc) is 3.04. The van der Waals surface area contributed by atoms with Crippen LogP contribution in [0.15, 0.2) is 53.4 Å². The molecule has 0 spiro atoms. The number of halogens is 2. The van der Waals surface area contributed by atoms with Crippen LogP contribution in [-0.4, -0.2) is 10.9 Å². The van der Waals surface area contributed by atoms with Gasteiger partial charge in [0.05, 0.1) is 11.4 Å². The number of aromatic nitrogens is 1. The second kappa shape index (κ2) is 6.03. The average molecular weight is 316 g/mol. The van der Waals surface area contributed by atoms with Crippen molar-refractivity contribution in [2.24, 2.45) is 0 Å². The summed E-state index contributed by atoms with van der Waals surface area (Å²) in [6.07, 6.45) is 1.52. The van der Waals surface area contributed by atoms with E-state index < -0.39 is 17.5 Å². The molecule has 3 nitrogen and oxygen atoms in total. The summed E-state index contributed by atoms with van der Waals surface area (Å²) in [5, 5.41) is 6.26. The van der Waals surface area contributed by atoms with E-state index in [1.807, 2.05) is 16.8 Å². The van der Waals surface area contributed by atoms with Gasteiger partial charge in [0, 0.05) is 28.8 Å². The fourth-order valence-electron chi connectivity index (χ4n) is 1.93. The highest BCUT2D eigenvalue weighted by Gasteiger charge is 2.11. The van der Waals surface area contributed by atoms with E-state index in [0.29, 0.717) is 11.3 Å². The molecule has 2 aromatic heterocycles. The van der Waals surface area contributed by atoms with E-state index in [0.717, 1.165) is 17.7 Å². The standard InChI is InChI=1S/C16H10F2N2OS/c17-12-1-2-14(13(18)8-12)20-16(21)10-3-5-19-15(7-10)11-4-6-22-9-11/h1-9H,(H,20,21). The van der Waals surface area contributed by atoms with Gasteiger partial charge in [-0.25, -0.2) is 8.78 Å². The van der Waals surface area contributed by atoms with Gasteiger partial charge in [-0.2, -0.15) is 11.3 Å². The second-order valence-electron chi connectivity index (χ2n) is 4.52. The molecule has 1 N–H and O–H groups in total. The van der Waals surface area contributed by atoms with Crippen molar-refractivity contribution in [3.63, 3.8) is 0 Å². The number of anilines is 1. The molecule has 1 amide bonds. The number of nitrogens with zero attached hydrogens (tertiary/aromatic N) is 1. The van der Waals surface area contributed by atoms with Crippen LogP contribution in [-0.2, 0) is 0 Å². The van der Waals surface area contributed by atoms with E-state index in [9.17, 15) is 13.6 Å². The van der Waals surface area contributed by atoms with E-state index >= 15 is 0 Å². The number of thiophene rings is 1. The number of benzene rings is 1. The quantitative estimate of drug-likeness (QED) is 0.781. The van der Waals surface area contributed by atoms with Crippen LogP contribution in [0.25, 0.3) is 11.3 Å². The normalized spacial score (nSPS) is 10.5. The molecule has 110 valence electrons. The van der Waals surface area contributed by atoms with Crippen molar-refractivity contribution in [1.82, 2.24) is 4.98 Å². The molecule has 1 aromatic carbocycles. The topological polar surface area (TPSA) is 42.0 Å². The number of hydrogen-bond acceptors (Lipinski definition) is 3. The summed E-state index contributed by atoms with van der Waals surface area (Å²) in [5.41, 5.74) is 1.85. The predicted molar refractivity (Wildman–Crippen MR) is 81.9 cm³/mol. The fraction of sp³-hybridized carbons (Fsp3) is 0. The zero-order chi connectivity index (χ0) is 15.5. The summed E-state index contributed by atoms with van der Waals surface area (Å²) in [6.45, 7) is 0. The Kier molecular flexibility index (Phi) is 3.93. The minimum atomic E-state index is -0.819. The van der Waals surface area contributed by atoms with Crippen LogP contribution in [0.2, 0.25) is 0 Å². The summed E-state index contributed by atoms with van der Waals surface area (Å²) in [5.74, 6) is -2.00. The highest BCUT2D eigenvalue weighted by molar-refractivity contribution is 7.08. The van der Waals surface area contributed by atoms with Crippen molar-refractivity contribution in [2.75, 3.05) is 5.32 Å². The van der Waals surface area contributed by atoms with Crippen molar-refractivity contribution >= 4 is 22.9 Å². The Labute approximate surface area is 129 Å². The summed E-state index contributed by atoms with van der Waals surface area (Å²) in [4.78, 5) is 16.4. The van der Waals surface area contributed by atoms with Crippen LogP contribution in [0.5, 0.6) is 0 Å². The second-order valence-corrected chi connectivity index (χ2v) is 5.30. The lowest BCUT2D eigenvalue weighted by Gasteiger charge is -2.07. The summed E-state index contributed by atoms with van der Waals surface area (Å²) in [7, 11) is 0. The van der Waals surface area contributed by atoms with E-state index in [-0.39, 0.29) is 5.69 Å². The summed E-state index contributed by atoms with van der Waals surface area (Å²) < 4.78 is 26.4. The van der Waals surface area contributed by atoms with Gasteiger partial charge in [0.25, 0.3) is 5.91 Å². The van der Waals surface area contributed by atoms with Crippen LogP contribution >= 0.6 is 11.3 Å². The lowest BCUT2D eigenvalue weighted by atomic mass is 10.1. The van der Waals surface area contributed by atoms with Crippen LogP contribution in [0.4, 0.5) is 14.5 Å². The number of nitrogens with one attached hydrogen (secondary N) is 1. The molecule has 3 aromatic rings. The minimum Gasteiger partial charge on any atom is -0.319 e. The maximum absolute atomic E-state index is 13.6. The first kappa shape index (κ1) is 14.3. The van der Waals surface area contributed by atoms with Gasteiger partial charge in [0.15, 0.2) is 0 Å². The van der Waals surface area contributed by atoms with Crippen LogP contribution in [0, 0.1) is 11.6 Å². The Bertz CT molecular complexity index is 819. The van der Waals surface area contributed by atoms with Gasteiger partial charge < -0.3 is 5.32 Å². The van der Waals surface area contributed by atoms with Gasteiger partial charge >= 0.3 is 0 Å². The van der Waals surface area contributed by atoms with Gasteiger partial charge in [0.1, 0.15) is 11.6 Å². The molecular weight excluding hydrogens is 306 g/mol. The molecule has 0 radical (unpaired) electrons. The monoisotopic (exact) mass is 316 g/mol. The molecule has 0 atom stereocenters. The number of pyridine rings is 1. The Morgan fingerprint density at radius 2 is 2.00 bits per heavy atom. The van der Waals surface area contributed by atoms with Gasteiger partial charge in [-0.3, -0.25) is 9.78 Å². The third-order valence-electron chi connectivity index (χ3n) is 3.02. The first-order valence-corrected chi connectivity index (χ1v) is 7.33. The largest absolute Gasteiger partial charge is 0.319 e. The molecule has 0 aliphatic heterocycles. The maximum Gasteiger partial charge on any atom is 0.255 e. The molecule has 0 fully saturated rings. The van der Waals surface area contributed by atoms with Crippen LogP contribution < -0.4 is 5.32 Å². The zero-order valence-electron chi connectivity index (χ0n) is 11.2. The first-order chi connectivity index (χ1) is 10.6. The van der Waals surface area contributed by atoms with Gasteiger partial charge in [-0.15, -0.1) is 0 Å². The van der Waals surface area contributed by atoms with E-state index in [1.54, 1.807) is 6.07 Å². The molecular formula is C16H10F2N2OS. The molecule has 0 bridgehead atoms. The number of rotatable bonds is 3. The van der Waals surface area contributed by atoms with E-state index in [2.05, 4.69) is 10.3 Å². The van der Waals surface area contributed by atoms with E-state index in [1.165, 1.54) is 29.7 Å². The van der Waals surface area contributed by atoms with Crippen molar-refractivity contribution in [3.05, 3.63) is 70.6 Å². The minimum absolute atomic E-state index is 0.0692. The fourth-order valence-corrected chi connectivity index (χ4v) is 2.57. The lowest BCUT2D eigenvalue weighted by molar-refractivity contribution is 0.102.